The molecule has 0 radical (unpaired) electrons. The molecule has 0 fully saturated rings. The van der Waals surface area contributed by atoms with Gasteiger partial charge in [0.05, 0.1) is 0 Å². The summed E-state index contributed by atoms with van der Waals surface area (Å²) < 4.78 is 39.4. The molecule has 2 N–H and O–H groups in total. The van der Waals surface area contributed by atoms with Crippen molar-refractivity contribution in [2.24, 2.45) is 0 Å². The van der Waals surface area contributed by atoms with Crippen LogP contribution in [0.1, 0.15) is 26.7 Å². The molecule has 0 aliphatic rings. The Bertz CT molecular complexity index is 513. The molecule has 0 aliphatic carbocycles. The summed E-state index contributed by atoms with van der Waals surface area (Å²) in [4.78, 5) is -0.364. The van der Waals surface area contributed by atoms with Crippen LogP contribution in [0, 0.1) is 5.82 Å². The average Bonchev–Trinajstić information content (AvgIpc) is 2.33. The van der Waals surface area contributed by atoms with Crippen molar-refractivity contribution >= 4 is 15.7 Å². The van der Waals surface area contributed by atoms with Gasteiger partial charge in [0, 0.05) is 18.8 Å². The van der Waals surface area contributed by atoms with Gasteiger partial charge in [-0.15, -0.1) is 0 Å². The molecule has 0 saturated carbocycles. The number of nitrogens with two attached hydrogens (primary N) is 1. The van der Waals surface area contributed by atoms with Crippen molar-refractivity contribution in [3.05, 3.63) is 24.0 Å². The van der Waals surface area contributed by atoms with Gasteiger partial charge in [-0.3, -0.25) is 0 Å². The van der Waals surface area contributed by atoms with E-state index in [4.69, 9.17) is 5.73 Å². The Hall–Kier alpha value is -1.14. The molecule has 0 saturated heterocycles. The molecule has 1 aromatic rings. The van der Waals surface area contributed by atoms with E-state index >= 15 is 0 Å². The maximum atomic E-state index is 13.6. The topological polar surface area (TPSA) is 63.4 Å². The highest BCUT2D eigenvalue weighted by molar-refractivity contribution is 7.89. The summed E-state index contributed by atoms with van der Waals surface area (Å²) in [6.07, 6.45) is 1.35. The number of anilines is 1. The third-order valence-corrected chi connectivity index (χ3v) is 4.99. The first-order valence-electron chi connectivity index (χ1n) is 5.87. The standard InChI is InChI=1S/C12H19FN2O2S/c1-4-10(5-2)15(3)18(16,17)12-8-9(14)6-7-11(12)13/h6-8,10H,4-5,14H2,1-3H3. The van der Waals surface area contributed by atoms with Gasteiger partial charge in [0.15, 0.2) is 0 Å². The second kappa shape index (κ2) is 5.67. The van der Waals surface area contributed by atoms with Crippen molar-refractivity contribution in [3.63, 3.8) is 0 Å². The number of nitrogen functional groups attached to an aromatic ring is 1. The Morgan fingerprint density at radius 2 is 1.89 bits per heavy atom. The van der Waals surface area contributed by atoms with Crippen LogP contribution >= 0.6 is 0 Å². The Morgan fingerprint density at radius 3 is 2.39 bits per heavy atom. The number of sulfonamides is 1. The SMILES string of the molecule is CCC(CC)N(C)S(=O)(=O)c1cc(N)ccc1F. The molecule has 4 nitrogen and oxygen atoms in total. The van der Waals surface area contributed by atoms with Crippen LogP contribution in [0.2, 0.25) is 0 Å². The Kier molecular flexibility index (Phi) is 4.70. The largest absolute Gasteiger partial charge is 0.399 e. The minimum atomic E-state index is -3.84. The molecule has 18 heavy (non-hydrogen) atoms. The summed E-state index contributed by atoms with van der Waals surface area (Å²) in [6.45, 7) is 3.80. The van der Waals surface area contributed by atoms with Gasteiger partial charge in [-0.25, -0.2) is 12.8 Å². The lowest BCUT2D eigenvalue weighted by Gasteiger charge is -2.25. The number of hydrogen-bond donors (Lipinski definition) is 1. The first-order valence-corrected chi connectivity index (χ1v) is 7.31. The van der Waals surface area contributed by atoms with Crippen LogP contribution in [0.5, 0.6) is 0 Å². The van der Waals surface area contributed by atoms with Crippen molar-refractivity contribution < 1.29 is 12.8 Å². The minimum absolute atomic E-state index is 0.143. The van der Waals surface area contributed by atoms with Gasteiger partial charge in [-0.2, -0.15) is 4.31 Å². The monoisotopic (exact) mass is 274 g/mol. The Labute approximate surface area is 108 Å². The summed E-state index contributed by atoms with van der Waals surface area (Å²) in [7, 11) is -2.37. The van der Waals surface area contributed by atoms with Gasteiger partial charge in [0.25, 0.3) is 0 Å². The van der Waals surface area contributed by atoms with E-state index in [-0.39, 0.29) is 16.6 Å². The average molecular weight is 274 g/mol. The Morgan fingerprint density at radius 1 is 1.33 bits per heavy atom. The first kappa shape index (κ1) is 14.9. The van der Waals surface area contributed by atoms with E-state index in [1.807, 2.05) is 13.8 Å². The molecule has 0 spiro atoms. The molecule has 0 aromatic heterocycles. The molecule has 0 heterocycles. The summed E-state index contributed by atoms with van der Waals surface area (Å²) >= 11 is 0. The fourth-order valence-corrected chi connectivity index (χ4v) is 3.47. The van der Waals surface area contributed by atoms with E-state index in [1.165, 1.54) is 17.4 Å². The van der Waals surface area contributed by atoms with E-state index < -0.39 is 15.8 Å². The van der Waals surface area contributed by atoms with E-state index in [2.05, 4.69) is 0 Å². The molecule has 0 bridgehead atoms. The molecular formula is C12H19FN2O2S. The van der Waals surface area contributed by atoms with Crippen molar-refractivity contribution in [1.29, 1.82) is 0 Å². The molecule has 1 rings (SSSR count). The number of hydrogen-bond acceptors (Lipinski definition) is 3. The zero-order valence-corrected chi connectivity index (χ0v) is 11.7. The van der Waals surface area contributed by atoms with Crippen LogP contribution in [-0.4, -0.2) is 25.8 Å². The number of rotatable bonds is 5. The normalized spacial score (nSPS) is 12.3. The number of benzene rings is 1. The lowest BCUT2D eigenvalue weighted by Crippen LogP contribution is -2.36. The fourth-order valence-electron chi connectivity index (χ4n) is 1.87. The lowest BCUT2D eigenvalue weighted by atomic mass is 10.2. The molecule has 6 heteroatoms. The highest BCUT2D eigenvalue weighted by atomic mass is 32.2. The van der Waals surface area contributed by atoms with Crippen molar-refractivity contribution in [1.82, 2.24) is 4.31 Å². The van der Waals surface area contributed by atoms with Crippen LogP contribution in [0.4, 0.5) is 10.1 Å². The molecule has 0 amide bonds. The van der Waals surface area contributed by atoms with Gasteiger partial charge in [-0.1, -0.05) is 13.8 Å². The molecule has 0 unspecified atom stereocenters. The van der Waals surface area contributed by atoms with E-state index in [9.17, 15) is 12.8 Å². The second-order valence-electron chi connectivity index (χ2n) is 4.18. The van der Waals surface area contributed by atoms with Gasteiger partial charge < -0.3 is 5.73 Å². The summed E-state index contributed by atoms with van der Waals surface area (Å²) in [5.74, 6) is -0.776. The molecular weight excluding hydrogens is 255 g/mol. The number of nitrogens with zero attached hydrogens (tertiary/aromatic N) is 1. The highest BCUT2D eigenvalue weighted by Gasteiger charge is 2.28. The van der Waals surface area contributed by atoms with Crippen molar-refractivity contribution in [2.75, 3.05) is 12.8 Å². The minimum Gasteiger partial charge on any atom is -0.399 e. The van der Waals surface area contributed by atoms with Crippen LogP contribution in [0.3, 0.4) is 0 Å². The van der Waals surface area contributed by atoms with Crippen LogP contribution in [0.15, 0.2) is 23.1 Å². The second-order valence-corrected chi connectivity index (χ2v) is 6.15. The van der Waals surface area contributed by atoms with Crippen LogP contribution in [0.25, 0.3) is 0 Å². The van der Waals surface area contributed by atoms with E-state index in [0.29, 0.717) is 12.8 Å². The van der Waals surface area contributed by atoms with E-state index in [1.54, 1.807) is 0 Å². The smallest absolute Gasteiger partial charge is 0.246 e. The molecule has 0 aliphatic heterocycles. The van der Waals surface area contributed by atoms with Crippen LogP contribution in [-0.2, 0) is 10.0 Å². The first-order chi connectivity index (χ1) is 8.34. The highest BCUT2D eigenvalue weighted by Crippen LogP contribution is 2.23. The quantitative estimate of drug-likeness (QED) is 0.837. The third-order valence-electron chi connectivity index (χ3n) is 3.07. The van der Waals surface area contributed by atoms with Crippen LogP contribution < -0.4 is 5.73 Å². The molecule has 1 aromatic carbocycles. The number of halogens is 1. The van der Waals surface area contributed by atoms with Crippen molar-refractivity contribution in [2.45, 2.75) is 37.6 Å². The predicted octanol–water partition coefficient (Wildman–Crippen LogP) is 2.22. The third kappa shape index (κ3) is 2.81. The summed E-state index contributed by atoms with van der Waals surface area (Å²) in [5.41, 5.74) is 5.75. The summed E-state index contributed by atoms with van der Waals surface area (Å²) in [6, 6.07) is 3.42. The zero-order valence-electron chi connectivity index (χ0n) is 10.9. The predicted molar refractivity (Wildman–Crippen MR) is 70.1 cm³/mol. The molecule has 0 atom stereocenters. The summed E-state index contributed by atoms with van der Waals surface area (Å²) in [5, 5.41) is 0. The van der Waals surface area contributed by atoms with E-state index in [0.717, 1.165) is 12.1 Å². The van der Waals surface area contributed by atoms with Gasteiger partial charge in [0.2, 0.25) is 10.0 Å². The lowest BCUT2D eigenvalue weighted by molar-refractivity contribution is 0.348. The molecule has 102 valence electrons. The fraction of sp³-hybridized carbons (Fsp3) is 0.500. The maximum absolute atomic E-state index is 13.6. The van der Waals surface area contributed by atoms with Crippen molar-refractivity contribution in [3.8, 4) is 0 Å². The van der Waals surface area contributed by atoms with Gasteiger partial charge in [-0.05, 0) is 31.0 Å². The van der Waals surface area contributed by atoms with Gasteiger partial charge in [0.1, 0.15) is 10.7 Å². The van der Waals surface area contributed by atoms with Gasteiger partial charge >= 0.3 is 0 Å². The maximum Gasteiger partial charge on any atom is 0.246 e. The zero-order chi connectivity index (χ0) is 13.9. The Balaban J connectivity index is 3.25.